The number of hydrogen-bond donors (Lipinski definition) is 0. The Labute approximate surface area is 99.6 Å². The summed E-state index contributed by atoms with van der Waals surface area (Å²) in [5.41, 5.74) is 1.08. The molecule has 0 spiro atoms. The third-order valence-electron chi connectivity index (χ3n) is 2.28. The lowest BCUT2D eigenvalue weighted by Gasteiger charge is -2.06. The molecule has 0 atom stereocenters. The zero-order valence-corrected chi connectivity index (χ0v) is 9.52. The summed E-state index contributed by atoms with van der Waals surface area (Å²) in [5, 5.41) is 0. The largest absolute Gasteiger partial charge is 0.457 e. The van der Waals surface area contributed by atoms with Crippen molar-refractivity contribution < 1.29 is 13.9 Å². The van der Waals surface area contributed by atoms with Crippen molar-refractivity contribution in [1.82, 2.24) is 0 Å². The fourth-order valence-corrected chi connectivity index (χ4v) is 1.46. The summed E-state index contributed by atoms with van der Waals surface area (Å²) in [7, 11) is 1.66. The van der Waals surface area contributed by atoms with Crippen LogP contribution < -0.4 is 4.74 Å². The molecule has 0 unspecified atom stereocenters. The lowest BCUT2D eigenvalue weighted by molar-refractivity contribution is 0.185. The average molecular weight is 232 g/mol. The molecule has 2 nitrogen and oxygen atoms in total. The van der Waals surface area contributed by atoms with Gasteiger partial charge in [-0.1, -0.05) is 12.1 Å². The van der Waals surface area contributed by atoms with Crippen molar-refractivity contribution in [3.63, 3.8) is 0 Å². The quantitative estimate of drug-likeness (QED) is 0.799. The lowest BCUT2D eigenvalue weighted by atomic mass is 10.2. The molecule has 0 aliphatic rings. The summed E-state index contributed by atoms with van der Waals surface area (Å²) in [6.07, 6.45) is 0. The first-order valence-electron chi connectivity index (χ1n) is 5.29. The lowest BCUT2D eigenvalue weighted by Crippen LogP contribution is -1.88. The van der Waals surface area contributed by atoms with E-state index in [1.165, 1.54) is 12.1 Å². The summed E-state index contributed by atoms with van der Waals surface area (Å²) in [4.78, 5) is 0. The summed E-state index contributed by atoms with van der Waals surface area (Å²) < 4.78 is 23.3. The Hall–Kier alpha value is -1.87. The summed E-state index contributed by atoms with van der Waals surface area (Å²) >= 11 is 0. The molecule has 0 bridgehead atoms. The highest BCUT2D eigenvalue weighted by atomic mass is 19.1. The van der Waals surface area contributed by atoms with E-state index in [1.54, 1.807) is 19.2 Å². The van der Waals surface area contributed by atoms with Crippen LogP contribution in [-0.2, 0) is 11.3 Å². The van der Waals surface area contributed by atoms with E-state index in [1.807, 2.05) is 24.3 Å². The van der Waals surface area contributed by atoms with E-state index >= 15 is 0 Å². The smallest absolute Gasteiger partial charge is 0.127 e. The van der Waals surface area contributed by atoms with E-state index in [4.69, 9.17) is 9.47 Å². The molecule has 0 fully saturated rings. The molecule has 2 aromatic rings. The van der Waals surface area contributed by atoms with Gasteiger partial charge in [0, 0.05) is 7.11 Å². The third kappa shape index (κ3) is 3.29. The highest BCUT2D eigenvalue weighted by Crippen LogP contribution is 2.21. The summed E-state index contributed by atoms with van der Waals surface area (Å²) in [5.74, 6) is 1.06. The van der Waals surface area contributed by atoms with E-state index in [2.05, 4.69) is 0 Å². The predicted molar refractivity (Wildman–Crippen MR) is 63.6 cm³/mol. The van der Waals surface area contributed by atoms with Crippen LogP contribution in [0.4, 0.5) is 4.39 Å². The maximum atomic E-state index is 12.7. The number of ether oxygens (including phenoxy) is 2. The molecule has 0 aromatic heterocycles. The minimum atomic E-state index is -0.271. The molecular weight excluding hydrogens is 219 g/mol. The Morgan fingerprint density at radius 2 is 1.41 bits per heavy atom. The minimum absolute atomic E-state index is 0.271. The first-order valence-corrected chi connectivity index (χ1v) is 5.29. The molecular formula is C14H13FO2. The molecule has 17 heavy (non-hydrogen) atoms. The zero-order valence-electron chi connectivity index (χ0n) is 9.52. The normalized spacial score (nSPS) is 10.2. The molecule has 0 N–H and O–H groups in total. The molecule has 0 amide bonds. The second-order valence-electron chi connectivity index (χ2n) is 3.63. The number of halogens is 1. The maximum Gasteiger partial charge on any atom is 0.127 e. The molecule has 3 heteroatoms. The third-order valence-corrected chi connectivity index (χ3v) is 2.28. The van der Waals surface area contributed by atoms with Gasteiger partial charge in [0.1, 0.15) is 17.3 Å². The molecule has 0 saturated heterocycles. The van der Waals surface area contributed by atoms with Crippen LogP contribution in [0.15, 0.2) is 48.5 Å². The van der Waals surface area contributed by atoms with Crippen LogP contribution in [0.3, 0.4) is 0 Å². The van der Waals surface area contributed by atoms with E-state index in [0.29, 0.717) is 12.4 Å². The standard InChI is InChI=1S/C14H13FO2/c1-16-10-11-2-6-13(7-3-11)17-14-8-4-12(15)5-9-14/h2-9H,10H2,1H3. The van der Waals surface area contributed by atoms with Crippen LogP contribution in [0.2, 0.25) is 0 Å². The van der Waals surface area contributed by atoms with Crippen LogP contribution in [0, 0.1) is 5.82 Å². The van der Waals surface area contributed by atoms with Crippen LogP contribution in [-0.4, -0.2) is 7.11 Å². The molecule has 0 aliphatic heterocycles. The SMILES string of the molecule is COCc1ccc(Oc2ccc(F)cc2)cc1. The monoisotopic (exact) mass is 232 g/mol. The van der Waals surface area contributed by atoms with Gasteiger partial charge in [-0.05, 0) is 42.0 Å². The van der Waals surface area contributed by atoms with Gasteiger partial charge in [0.25, 0.3) is 0 Å². The molecule has 2 rings (SSSR count). The van der Waals surface area contributed by atoms with Crippen LogP contribution in [0.5, 0.6) is 11.5 Å². The highest BCUT2D eigenvalue weighted by molar-refractivity contribution is 5.32. The number of hydrogen-bond acceptors (Lipinski definition) is 2. The van der Waals surface area contributed by atoms with Crippen LogP contribution in [0.25, 0.3) is 0 Å². The van der Waals surface area contributed by atoms with Gasteiger partial charge < -0.3 is 9.47 Å². The summed E-state index contributed by atoms with van der Waals surface area (Å²) in [6.45, 7) is 0.580. The first-order chi connectivity index (χ1) is 8.28. The highest BCUT2D eigenvalue weighted by Gasteiger charge is 1.98. The Bertz CT molecular complexity index is 463. The topological polar surface area (TPSA) is 18.5 Å². The Morgan fingerprint density at radius 1 is 0.882 bits per heavy atom. The van der Waals surface area contributed by atoms with Crippen molar-refractivity contribution >= 4 is 0 Å². The zero-order chi connectivity index (χ0) is 12.1. The number of methoxy groups -OCH3 is 1. The van der Waals surface area contributed by atoms with Crippen LogP contribution in [0.1, 0.15) is 5.56 Å². The van der Waals surface area contributed by atoms with Crippen molar-refractivity contribution in [2.24, 2.45) is 0 Å². The van der Waals surface area contributed by atoms with Gasteiger partial charge in [0.15, 0.2) is 0 Å². The van der Waals surface area contributed by atoms with E-state index in [0.717, 1.165) is 11.3 Å². The maximum absolute atomic E-state index is 12.7. The Morgan fingerprint density at radius 3 is 1.94 bits per heavy atom. The molecule has 0 saturated carbocycles. The van der Waals surface area contributed by atoms with Gasteiger partial charge in [-0.3, -0.25) is 0 Å². The van der Waals surface area contributed by atoms with E-state index in [-0.39, 0.29) is 5.82 Å². The minimum Gasteiger partial charge on any atom is -0.457 e. The van der Waals surface area contributed by atoms with E-state index in [9.17, 15) is 4.39 Å². The fourth-order valence-electron chi connectivity index (χ4n) is 1.46. The van der Waals surface area contributed by atoms with Crippen molar-refractivity contribution in [3.05, 3.63) is 59.9 Å². The first kappa shape index (κ1) is 11.6. The van der Waals surface area contributed by atoms with Crippen molar-refractivity contribution in [1.29, 1.82) is 0 Å². The van der Waals surface area contributed by atoms with Crippen LogP contribution >= 0.6 is 0 Å². The fraction of sp³-hybridized carbons (Fsp3) is 0.143. The second-order valence-corrected chi connectivity index (χ2v) is 3.63. The van der Waals surface area contributed by atoms with Crippen molar-refractivity contribution in [2.45, 2.75) is 6.61 Å². The van der Waals surface area contributed by atoms with Gasteiger partial charge in [-0.15, -0.1) is 0 Å². The average Bonchev–Trinajstić information content (AvgIpc) is 2.35. The summed E-state index contributed by atoms with van der Waals surface area (Å²) in [6, 6.07) is 13.5. The number of rotatable bonds is 4. The Kier molecular flexibility index (Phi) is 3.73. The molecule has 0 heterocycles. The van der Waals surface area contributed by atoms with E-state index < -0.39 is 0 Å². The van der Waals surface area contributed by atoms with Crippen molar-refractivity contribution in [2.75, 3.05) is 7.11 Å². The van der Waals surface area contributed by atoms with Gasteiger partial charge in [-0.25, -0.2) is 4.39 Å². The molecule has 0 aliphatic carbocycles. The van der Waals surface area contributed by atoms with Crippen molar-refractivity contribution in [3.8, 4) is 11.5 Å². The second kappa shape index (κ2) is 5.46. The Balaban J connectivity index is 2.05. The molecule has 88 valence electrons. The predicted octanol–water partition coefficient (Wildman–Crippen LogP) is 3.76. The van der Waals surface area contributed by atoms with Gasteiger partial charge >= 0.3 is 0 Å². The van der Waals surface area contributed by atoms with Gasteiger partial charge in [0.05, 0.1) is 6.61 Å². The molecule has 2 aromatic carbocycles. The van der Waals surface area contributed by atoms with Gasteiger partial charge in [-0.2, -0.15) is 0 Å². The van der Waals surface area contributed by atoms with Gasteiger partial charge in [0.2, 0.25) is 0 Å². The number of benzene rings is 2. The molecule has 0 radical (unpaired) electrons.